The van der Waals surface area contributed by atoms with Gasteiger partial charge in [0.25, 0.3) is 0 Å². The van der Waals surface area contributed by atoms with Crippen LogP contribution in [-0.2, 0) is 4.74 Å². The Hall–Kier alpha value is -1.58. The number of ether oxygens (including phenoxy) is 1. The number of hydrogen-bond donors (Lipinski definition) is 1. The number of carbonyl (C=O) groups excluding carboxylic acids is 1. The summed E-state index contributed by atoms with van der Waals surface area (Å²) in [4.78, 5) is 15.7. The molecule has 0 aliphatic heterocycles. The summed E-state index contributed by atoms with van der Waals surface area (Å²) in [5, 5.41) is 3.34. The Balaban J connectivity index is 1.83. The van der Waals surface area contributed by atoms with Crippen LogP contribution in [0.3, 0.4) is 0 Å². The van der Waals surface area contributed by atoms with Gasteiger partial charge in [0.1, 0.15) is 5.82 Å². The normalized spacial score (nSPS) is 22.2. The number of nitrogens with one attached hydrogen (secondary N) is 1. The molecule has 1 aliphatic carbocycles. The average Bonchev–Trinajstić information content (AvgIpc) is 2.83. The van der Waals surface area contributed by atoms with E-state index in [1.807, 2.05) is 6.07 Å². The first-order chi connectivity index (χ1) is 9.19. The summed E-state index contributed by atoms with van der Waals surface area (Å²) in [6.45, 7) is 5.46. The first kappa shape index (κ1) is 13.8. The third-order valence-corrected chi connectivity index (χ3v) is 3.65. The molecule has 0 radical (unpaired) electrons. The number of esters is 1. The number of aromatic nitrogens is 1. The lowest BCUT2D eigenvalue weighted by Gasteiger charge is -2.11. The molecule has 0 amide bonds. The average molecular weight is 262 g/mol. The predicted molar refractivity (Wildman–Crippen MR) is 75.2 cm³/mol. The van der Waals surface area contributed by atoms with Gasteiger partial charge in [-0.15, -0.1) is 0 Å². The largest absolute Gasteiger partial charge is 0.462 e. The molecule has 2 rings (SSSR count). The standard InChI is InChI=1S/C15H22N2O2/c1-3-19-15(18)13-6-7-14(17-10-13)16-9-12-5-4-11(2)8-12/h6-7,10-12H,3-5,8-9H2,1-2H3,(H,16,17). The molecule has 0 aromatic carbocycles. The van der Waals surface area contributed by atoms with E-state index in [2.05, 4.69) is 17.2 Å². The Morgan fingerprint density at radius 2 is 2.32 bits per heavy atom. The van der Waals surface area contributed by atoms with Crippen molar-refractivity contribution in [1.29, 1.82) is 0 Å². The quantitative estimate of drug-likeness (QED) is 0.828. The number of anilines is 1. The molecule has 4 nitrogen and oxygen atoms in total. The topological polar surface area (TPSA) is 51.2 Å². The van der Waals surface area contributed by atoms with Crippen molar-refractivity contribution in [2.75, 3.05) is 18.5 Å². The van der Waals surface area contributed by atoms with Crippen molar-refractivity contribution in [2.24, 2.45) is 11.8 Å². The van der Waals surface area contributed by atoms with Gasteiger partial charge in [-0.05, 0) is 43.7 Å². The van der Waals surface area contributed by atoms with E-state index < -0.39 is 0 Å². The van der Waals surface area contributed by atoms with Gasteiger partial charge >= 0.3 is 5.97 Å². The lowest BCUT2D eigenvalue weighted by atomic mass is 10.1. The van der Waals surface area contributed by atoms with Crippen LogP contribution in [0.25, 0.3) is 0 Å². The highest BCUT2D eigenvalue weighted by molar-refractivity contribution is 5.89. The fourth-order valence-electron chi connectivity index (χ4n) is 2.59. The molecule has 0 bridgehead atoms. The van der Waals surface area contributed by atoms with Gasteiger partial charge in [0, 0.05) is 12.7 Å². The maximum absolute atomic E-state index is 11.5. The summed E-state index contributed by atoms with van der Waals surface area (Å²) >= 11 is 0. The Labute approximate surface area is 114 Å². The molecule has 0 saturated heterocycles. The Kier molecular flexibility index (Phi) is 4.77. The SMILES string of the molecule is CCOC(=O)c1ccc(NCC2CCC(C)C2)nc1. The van der Waals surface area contributed by atoms with Gasteiger partial charge in [-0.25, -0.2) is 9.78 Å². The zero-order chi connectivity index (χ0) is 13.7. The number of pyridine rings is 1. The maximum atomic E-state index is 11.5. The molecule has 1 N–H and O–H groups in total. The number of hydrogen-bond acceptors (Lipinski definition) is 4. The van der Waals surface area contributed by atoms with E-state index in [1.165, 1.54) is 19.3 Å². The van der Waals surface area contributed by atoms with E-state index >= 15 is 0 Å². The van der Waals surface area contributed by atoms with E-state index in [4.69, 9.17) is 4.74 Å². The summed E-state index contributed by atoms with van der Waals surface area (Å²) in [7, 11) is 0. The molecule has 0 spiro atoms. The summed E-state index contributed by atoms with van der Waals surface area (Å²) in [6, 6.07) is 3.59. The molecule has 1 aromatic rings. The van der Waals surface area contributed by atoms with Crippen molar-refractivity contribution >= 4 is 11.8 Å². The Morgan fingerprint density at radius 3 is 2.89 bits per heavy atom. The van der Waals surface area contributed by atoms with Gasteiger partial charge in [0.15, 0.2) is 0 Å². The highest BCUT2D eigenvalue weighted by atomic mass is 16.5. The van der Waals surface area contributed by atoms with Crippen LogP contribution in [0.2, 0.25) is 0 Å². The lowest BCUT2D eigenvalue weighted by molar-refractivity contribution is 0.0526. The molecule has 1 heterocycles. The van der Waals surface area contributed by atoms with Crippen molar-refractivity contribution in [3.8, 4) is 0 Å². The monoisotopic (exact) mass is 262 g/mol. The highest BCUT2D eigenvalue weighted by Gasteiger charge is 2.20. The first-order valence-corrected chi connectivity index (χ1v) is 7.06. The van der Waals surface area contributed by atoms with Crippen LogP contribution in [0.15, 0.2) is 18.3 Å². The second-order valence-electron chi connectivity index (χ2n) is 5.32. The molecule has 2 unspecified atom stereocenters. The van der Waals surface area contributed by atoms with Gasteiger partial charge < -0.3 is 10.1 Å². The second kappa shape index (κ2) is 6.55. The third kappa shape index (κ3) is 3.94. The van der Waals surface area contributed by atoms with Crippen molar-refractivity contribution in [2.45, 2.75) is 33.1 Å². The Morgan fingerprint density at radius 1 is 1.47 bits per heavy atom. The number of carbonyl (C=O) groups is 1. The van der Waals surface area contributed by atoms with Gasteiger partial charge in [-0.1, -0.05) is 13.3 Å². The molecule has 1 fully saturated rings. The molecule has 19 heavy (non-hydrogen) atoms. The molecule has 1 aliphatic rings. The fourth-order valence-corrected chi connectivity index (χ4v) is 2.59. The van der Waals surface area contributed by atoms with Gasteiger partial charge in [0.05, 0.1) is 12.2 Å². The Bertz CT molecular complexity index is 417. The van der Waals surface area contributed by atoms with Crippen LogP contribution >= 0.6 is 0 Å². The first-order valence-electron chi connectivity index (χ1n) is 7.06. The van der Waals surface area contributed by atoms with E-state index in [1.54, 1.807) is 19.2 Å². The van der Waals surface area contributed by atoms with Gasteiger partial charge in [-0.3, -0.25) is 0 Å². The second-order valence-corrected chi connectivity index (χ2v) is 5.32. The van der Waals surface area contributed by atoms with Crippen molar-refractivity contribution in [3.05, 3.63) is 23.9 Å². The number of nitrogens with zero attached hydrogens (tertiary/aromatic N) is 1. The third-order valence-electron chi connectivity index (χ3n) is 3.65. The highest BCUT2D eigenvalue weighted by Crippen LogP contribution is 2.30. The van der Waals surface area contributed by atoms with Crippen molar-refractivity contribution in [3.63, 3.8) is 0 Å². The molecule has 1 saturated carbocycles. The van der Waals surface area contributed by atoms with E-state index in [0.29, 0.717) is 12.2 Å². The van der Waals surface area contributed by atoms with Crippen LogP contribution in [0.4, 0.5) is 5.82 Å². The zero-order valence-electron chi connectivity index (χ0n) is 11.7. The van der Waals surface area contributed by atoms with E-state index in [-0.39, 0.29) is 5.97 Å². The molecular weight excluding hydrogens is 240 g/mol. The van der Waals surface area contributed by atoms with Crippen LogP contribution in [0.1, 0.15) is 43.5 Å². The lowest BCUT2D eigenvalue weighted by Crippen LogP contribution is -2.13. The molecule has 2 atom stereocenters. The minimum Gasteiger partial charge on any atom is -0.462 e. The predicted octanol–water partition coefficient (Wildman–Crippen LogP) is 3.11. The molecular formula is C15H22N2O2. The number of rotatable bonds is 5. The van der Waals surface area contributed by atoms with Crippen LogP contribution < -0.4 is 5.32 Å². The van der Waals surface area contributed by atoms with Crippen molar-refractivity contribution < 1.29 is 9.53 Å². The summed E-state index contributed by atoms with van der Waals surface area (Å²) in [5.41, 5.74) is 0.502. The van der Waals surface area contributed by atoms with E-state index in [0.717, 1.165) is 24.2 Å². The van der Waals surface area contributed by atoms with Gasteiger partial charge in [0.2, 0.25) is 0 Å². The minimum absolute atomic E-state index is 0.314. The van der Waals surface area contributed by atoms with Crippen LogP contribution in [-0.4, -0.2) is 24.1 Å². The summed E-state index contributed by atoms with van der Waals surface area (Å²) < 4.78 is 4.92. The van der Waals surface area contributed by atoms with E-state index in [9.17, 15) is 4.79 Å². The maximum Gasteiger partial charge on any atom is 0.339 e. The van der Waals surface area contributed by atoms with Crippen LogP contribution in [0, 0.1) is 11.8 Å². The summed E-state index contributed by atoms with van der Waals surface area (Å²) in [6.07, 6.45) is 5.50. The van der Waals surface area contributed by atoms with Gasteiger partial charge in [-0.2, -0.15) is 0 Å². The fraction of sp³-hybridized carbons (Fsp3) is 0.600. The van der Waals surface area contributed by atoms with Crippen molar-refractivity contribution in [1.82, 2.24) is 4.98 Å². The summed E-state index contributed by atoms with van der Waals surface area (Å²) in [5.74, 6) is 2.12. The molecule has 104 valence electrons. The zero-order valence-corrected chi connectivity index (χ0v) is 11.7. The van der Waals surface area contributed by atoms with Crippen LogP contribution in [0.5, 0.6) is 0 Å². The minimum atomic E-state index is -0.314. The smallest absolute Gasteiger partial charge is 0.339 e. The molecule has 1 aromatic heterocycles. The molecule has 4 heteroatoms.